The first-order chi connectivity index (χ1) is 28.0. The van der Waals surface area contributed by atoms with E-state index in [0.717, 1.165) is 76.2 Å². The summed E-state index contributed by atoms with van der Waals surface area (Å²) in [5, 5.41) is -0.609. The molecular formula is C45H57N3O9S. The molecule has 1 N–H and O–H groups in total. The lowest BCUT2D eigenvalue weighted by molar-refractivity contribution is -0.156. The molecule has 2 aromatic rings. The molecule has 4 aliphatic carbocycles. The van der Waals surface area contributed by atoms with Gasteiger partial charge in [-0.15, -0.1) is 6.58 Å². The lowest BCUT2D eigenvalue weighted by Crippen LogP contribution is -2.47. The summed E-state index contributed by atoms with van der Waals surface area (Å²) in [5.74, 6) is -2.28. The van der Waals surface area contributed by atoms with E-state index in [0.29, 0.717) is 30.8 Å². The van der Waals surface area contributed by atoms with Crippen LogP contribution in [0, 0.1) is 29.1 Å². The van der Waals surface area contributed by atoms with Gasteiger partial charge < -0.3 is 14.4 Å². The number of nitrogens with one attached hydrogen (secondary N) is 1. The summed E-state index contributed by atoms with van der Waals surface area (Å²) in [6.07, 6.45) is 11.5. The number of fused-ring (bicyclic) bond motifs is 4. The SMILES string of the molecule is C=C[C@H]1C[C@]1(CC(=O)[C@@H]1C[C@@H]2CN1C(=O)[C@H](C1CCCC1)CC(=O)O[C@@H]1CCC[C@H]1CCCCCn1c(ccc(-c3ccccc3)c1=O)O2)C(=O)NS(=O)(=O)C1CC1. The second-order valence-electron chi connectivity index (χ2n) is 17.8. The zero-order valence-electron chi connectivity index (χ0n) is 33.4. The van der Waals surface area contributed by atoms with Gasteiger partial charge in [-0.1, -0.05) is 62.1 Å². The number of nitrogens with zero attached hydrogens (tertiary/aromatic N) is 2. The van der Waals surface area contributed by atoms with Gasteiger partial charge in [0.05, 0.1) is 35.6 Å². The fourth-order valence-electron chi connectivity index (χ4n) is 10.4. The van der Waals surface area contributed by atoms with Crippen molar-refractivity contribution < 1.29 is 37.1 Å². The average molecular weight is 816 g/mol. The number of Topliss-reactive ketones (excluding diaryl/α,β-unsaturated/α-hetero) is 1. The smallest absolute Gasteiger partial charge is 0.306 e. The van der Waals surface area contributed by atoms with Gasteiger partial charge in [0.1, 0.15) is 12.2 Å². The summed E-state index contributed by atoms with van der Waals surface area (Å²) in [6.45, 7) is 4.33. The predicted octanol–water partition coefficient (Wildman–Crippen LogP) is 6.11. The number of rotatable bonds is 9. The molecule has 2 bridgehead atoms. The van der Waals surface area contributed by atoms with Crippen LogP contribution in [0.25, 0.3) is 11.1 Å². The van der Waals surface area contributed by atoms with Crippen LogP contribution >= 0.6 is 0 Å². The summed E-state index contributed by atoms with van der Waals surface area (Å²) in [7, 11) is -3.86. The molecule has 1 saturated heterocycles. The van der Waals surface area contributed by atoms with E-state index in [9.17, 15) is 32.4 Å². The summed E-state index contributed by atoms with van der Waals surface area (Å²) in [5.41, 5.74) is -0.124. The Balaban J connectivity index is 1.13. The molecule has 312 valence electrons. The Labute approximate surface area is 341 Å². The quantitative estimate of drug-likeness (QED) is 0.233. The Kier molecular flexibility index (Phi) is 11.7. The van der Waals surface area contributed by atoms with Crippen LogP contribution in [-0.4, -0.2) is 71.5 Å². The van der Waals surface area contributed by atoms with Crippen LogP contribution in [0.2, 0.25) is 0 Å². The molecule has 3 heterocycles. The van der Waals surface area contributed by atoms with Gasteiger partial charge in [-0.3, -0.25) is 33.3 Å². The molecule has 6 aliphatic rings. The predicted molar refractivity (Wildman–Crippen MR) is 217 cm³/mol. The van der Waals surface area contributed by atoms with Gasteiger partial charge in [0.15, 0.2) is 11.7 Å². The number of allylic oxidation sites excluding steroid dienone is 1. The summed E-state index contributed by atoms with van der Waals surface area (Å²) < 4.78 is 42.4. The molecule has 12 nitrogen and oxygen atoms in total. The number of hydrogen-bond donors (Lipinski definition) is 1. The van der Waals surface area contributed by atoms with Crippen molar-refractivity contribution >= 4 is 33.6 Å². The average Bonchev–Trinajstić information content (AvgIpc) is 4.00. The third-order valence-electron chi connectivity index (χ3n) is 14.0. The van der Waals surface area contributed by atoms with E-state index in [1.807, 2.05) is 30.3 Å². The Hall–Kier alpha value is -4.26. The van der Waals surface area contributed by atoms with E-state index in [2.05, 4.69) is 11.3 Å². The van der Waals surface area contributed by atoms with Crippen LogP contribution in [0.5, 0.6) is 5.88 Å². The van der Waals surface area contributed by atoms with Gasteiger partial charge in [-0.25, -0.2) is 8.42 Å². The Morgan fingerprint density at radius 3 is 2.31 bits per heavy atom. The van der Waals surface area contributed by atoms with Crippen LogP contribution in [0.15, 0.2) is 59.9 Å². The van der Waals surface area contributed by atoms with Crippen molar-refractivity contribution in [1.29, 1.82) is 0 Å². The number of benzene rings is 1. The van der Waals surface area contributed by atoms with Gasteiger partial charge in [0, 0.05) is 24.9 Å². The standard InChI is InChI=1S/C45H57N3O9S/c1-2-32-26-45(32,44(53)46-58(54,55)34-19-20-34)27-38(49)37-24-33-28-48(37)43(52)36(30-14-8-9-15-30)25-41(50)57-39-18-11-17-31(39)16-7-4-10-23-47-40(56-33)22-21-35(42(47)51)29-12-5-3-6-13-29/h2-3,5-6,12-13,21-22,30-34,36-37,39H,1,4,7-11,14-20,23-28H2,(H,46,53)/t31-,32+,33-,36+,37+,39-,45-/m1/s1. The molecule has 0 radical (unpaired) electrons. The molecule has 1 aromatic heterocycles. The summed E-state index contributed by atoms with van der Waals surface area (Å²) in [6, 6.07) is 12.1. The maximum Gasteiger partial charge on any atom is 0.306 e. The van der Waals surface area contributed by atoms with E-state index in [-0.39, 0.29) is 73.4 Å². The van der Waals surface area contributed by atoms with Crippen LogP contribution in [0.4, 0.5) is 0 Å². The monoisotopic (exact) mass is 815 g/mol. The molecule has 0 unspecified atom stereocenters. The van der Waals surface area contributed by atoms with E-state index in [1.165, 1.54) is 0 Å². The van der Waals surface area contributed by atoms with Crippen molar-refractivity contribution in [3.05, 3.63) is 65.5 Å². The van der Waals surface area contributed by atoms with Gasteiger partial charge >= 0.3 is 5.97 Å². The van der Waals surface area contributed by atoms with Crippen molar-refractivity contribution in [1.82, 2.24) is 14.2 Å². The van der Waals surface area contributed by atoms with Crippen molar-refractivity contribution in [3.63, 3.8) is 0 Å². The number of esters is 1. The molecule has 0 spiro atoms. The Morgan fingerprint density at radius 1 is 0.862 bits per heavy atom. The highest BCUT2D eigenvalue weighted by molar-refractivity contribution is 7.90. The van der Waals surface area contributed by atoms with Crippen molar-refractivity contribution in [2.75, 3.05) is 6.54 Å². The highest BCUT2D eigenvalue weighted by Gasteiger charge is 2.61. The number of ketones is 1. The lowest BCUT2D eigenvalue weighted by atomic mass is 9.86. The van der Waals surface area contributed by atoms with E-state index < -0.39 is 50.6 Å². The number of carbonyl (C=O) groups excluding carboxylic acids is 4. The molecule has 2 aliphatic heterocycles. The van der Waals surface area contributed by atoms with Crippen LogP contribution in [0.3, 0.4) is 0 Å². The molecule has 13 heteroatoms. The third-order valence-corrected chi connectivity index (χ3v) is 15.8. The summed E-state index contributed by atoms with van der Waals surface area (Å²) in [4.78, 5) is 72.8. The summed E-state index contributed by atoms with van der Waals surface area (Å²) >= 11 is 0. The molecule has 5 fully saturated rings. The first-order valence-electron chi connectivity index (χ1n) is 21.6. The Bertz CT molecular complexity index is 2070. The maximum absolute atomic E-state index is 15.0. The van der Waals surface area contributed by atoms with E-state index >= 15 is 0 Å². The minimum absolute atomic E-state index is 0.0465. The number of sulfonamides is 1. The zero-order valence-corrected chi connectivity index (χ0v) is 34.2. The molecule has 7 atom stereocenters. The van der Waals surface area contributed by atoms with Crippen molar-refractivity contribution in [2.24, 2.45) is 29.1 Å². The Morgan fingerprint density at radius 2 is 1.59 bits per heavy atom. The minimum atomic E-state index is -3.86. The fraction of sp³-hybridized carbons (Fsp3) is 0.622. The van der Waals surface area contributed by atoms with Gasteiger partial charge in [-0.05, 0) is 99.7 Å². The van der Waals surface area contributed by atoms with Crippen LogP contribution in [0.1, 0.15) is 109 Å². The first-order valence-corrected chi connectivity index (χ1v) is 23.2. The lowest BCUT2D eigenvalue weighted by Gasteiger charge is -2.31. The number of carbonyl (C=O) groups is 4. The minimum Gasteiger partial charge on any atom is -0.473 e. The molecule has 8 rings (SSSR count). The molecular weight excluding hydrogens is 759 g/mol. The van der Waals surface area contributed by atoms with Gasteiger partial charge in [0.2, 0.25) is 21.8 Å². The second-order valence-corrected chi connectivity index (χ2v) is 19.8. The van der Waals surface area contributed by atoms with Crippen LogP contribution in [-0.2, 0) is 40.5 Å². The number of amides is 2. The normalized spacial score (nSPS) is 30.9. The van der Waals surface area contributed by atoms with Crippen molar-refractivity contribution in [2.45, 2.75) is 139 Å². The molecule has 4 saturated carbocycles. The molecule has 1 aromatic carbocycles. The highest BCUT2D eigenvalue weighted by atomic mass is 32.2. The van der Waals surface area contributed by atoms with E-state index in [4.69, 9.17) is 9.47 Å². The molecule has 58 heavy (non-hydrogen) atoms. The van der Waals surface area contributed by atoms with Crippen molar-refractivity contribution in [3.8, 4) is 17.0 Å². The molecule has 2 amide bonds. The van der Waals surface area contributed by atoms with Gasteiger partial charge in [0.25, 0.3) is 5.56 Å². The fourth-order valence-corrected chi connectivity index (χ4v) is 11.8. The third kappa shape index (κ3) is 8.43. The topological polar surface area (TPSA) is 158 Å². The van der Waals surface area contributed by atoms with E-state index in [1.54, 1.807) is 27.7 Å². The number of pyridine rings is 1. The van der Waals surface area contributed by atoms with Gasteiger partial charge in [-0.2, -0.15) is 0 Å². The first kappa shape index (κ1) is 40.5. The number of hydrogen-bond acceptors (Lipinski definition) is 9. The second kappa shape index (κ2) is 16.8. The zero-order chi connectivity index (χ0) is 40.6. The van der Waals surface area contributed by atoms with Crippen LogP contribution < -0.4 is 15.0 Å². The number of ether oxygens (including phenoxy) is 2. The highest BCUT2D eigenvalue weighted by Crippen LogP contribution is 2.57. The number of aromatic nitrogens is 1. The largest absolute Gasteiger partial charge is 0.473 e. The maximum atomic E-state index is 15.0.